The Hall–Kier alpha value is -2.63. The average Bonchev–Trinajstić information content (AvgIpc) is 2.47. The Kier molecular flexibility index (Phi) is 4.37. The highest BCUT2D eigenvalue weighted by atomic mass is 19.1. The fourth-order valence-corrected chi connectivity index (χ4v) is 2.26. The minimum Gasteiger partial charge on any atom is -0.382 e. The fraction of sp³-hybridized carbons (Fsp3) is 0.200. The van der Waals surface area contributed by atoms with Crippen molar-refractivity contribution < 1.29 is 9.31 Å². The predicted molar refractivity (Wildman–Crippen MR) is 81.2 cm³/mol. The molecule has 21 heavy (non-hydrogen) atoms. The van der Waals surface area contributed by atoms with E-state index in [0.29, 0.717) is 17.9 Å². The molecule has 6 heteroatoms. The molecule has 0 amide bonds. The molecule has 0 radical (unpaired) electrons. The van der Waals surface area contributed by atoms with Gasteiger partial charge in [-0.1, -0.05) is 24.3 Å². The van der Waals surface area contributed by atoms with E-state index in [1.165, 1.54) is 12.1 Å². The van der Waals surface area contributed by atoms with Crippen LogP contribution >= 0.6 is 0 Å². The number of nitrogens with one attached hydrogen (secondary N) is 1. The molecule has 0 bridgehead atoms. The van der Waals surface area contributed by atoms with Gasteiger partial charge in [-0.05, 0) is 12.1 Å². The van der Waals surface area contributed by atoms with Crippen LogP contribution in [0.2, 0.25) is 0 Å². The van der Waals surface area contributed by atoms with Crippen LogP contribution in [0.15, 0.2) is 42.5 Å². The van der Waals surface area contributed by atoms with Crippen LogP contribution < -0.4 is 10.2 Å². The first-order chi connectivity index (χ1) is 10.0. The van der Waals surface area contributed by atoms with Crippen molar-refractivity contribution in [3.05, 3.63) is 64.0 Å². The van der Waals surface area contributed by atoms with E-state index in [1.54, 1.807) is 49.3 Å². The van der Waals surface area contributed by atoms with Gasteiger partial charge in [-0.15, -0.1) is 0 Å². The molecule has 0 aromatic heterocycles. The van der Waals surface area contributed by atoms with Gasteiger partial charge in [0.15, 0.2) is 0 Å². The Bertz CT molecular complexity index is 661. The van der Waals surface area contributed by atoms with Gasteiger partial charge in [0.05, 0.1) is 10.6 Å². The molecule has 0 aliphatic rings. The average molecular weight is 289 g/mol. The van der Waals surface area contributed by atoms with Crippen molar-refractivity contribution in [1.29, 1.82) is 0 Å². The second kappa shape index (κ2) is 6.21. The van der Waals surface area contributed by atoms with E-state index in [2.05, 4.69) is 5.32 Å². The fourth-order valence-electron chi connectivity index (χ4n) is 2.26. The molecule has 0 aliphatic carbocycles. The Balaban J connectivity index is 2.34. The summed E-state index contributed by atoms with van der Waals surface area (Å²) >= 11 is 0. The number of rotatable bonds is 5. The van der Waals surface area contributed by atoms with E-state index < -0.39 is 4.92 Å². The number of nitrogens with zero attached hydrogens (tertiary/aromatic N) is 2. The standard InChI is InChI=1S/C15H16FN3O2/c1-17-15-11(6-5-9-14(15)19(20)21)10-18(2)13-8-4-3-7-12(13)16/h3-9,17H,10H2,1-2H3. The lowest BCUT2D eigenvalue weighted by Crippen LogP contribution is -2.18. The number of benzene rings is 2. The molecule has 0 spiro atoms. The van der Waals surface area contributed by atoms with Crippen LogP contribution in [0.1, 0.15) is 5.56 Å². The lowest BCUT2D eigenvalue weighted by Gasteiger charge is -2.21. The molecule has 2 rings (SSSR count). The number of nitro groups is 1. The van der Waals surface area contributed by atoms with Crippen LogP contribution in [0.4, 0.5) is 21.5 Å². The second-order valence-corrected chi connectivity index (χ2v) is 4.63. The third-order valence-corrected chi connectivity index (χ3v) is 3.25. The largest absolute Gasteiger partial charge is 0.382 e. The summed E-state index contributed by atoms with van der Waals surface area (Å²) in [4.78, 5) is 12.3. The third-order valence-electron chi connectivity index (χ3n) is 3.25. The van der Waals surface area contributed by atoms with E-state index in [1.807, 2.05) is 0 Å². The predicted octanol–water partition coefficient (Wildman–Crippen LogP) is 3.41. The van der Waals surface area contributed by atoms with Crippen LogP contribution in [-0.4, -0.2) is 19.0 Å². The van der Waals surface area contributed by atoms with Crippen molar-refractivity contribution in [3.63, 3.8) is 0 Å². The zero-order valence-corrected chi connectivity index (χ0v) is 11.8. The summed E-state index contributed by atoms with van der Waals surface area (Å²) in [6.45, 7) is 0.360. The Morgan fingerprint density at radius 2 is 1.95 bits per heavy atom. The molecule has 0 aliphatic heterocycles. The molecular weight excluding hydrogens is 273 g/mol. The molecule has 1 N–H and O–H groups in total. The molecule has 110 valence electrons. The van der Waals surface area contributed by atoms with E-state index in [-0.39, 0.29) is 11.5 Å². The van der Waals surface area contributed by atoms with Gasteiger partial charge in [0.25, 0.3) is 5.69 Å². The van der Waals surface area contributed by atoms with E-state index in [9.17, 15) is 14.5 Å². The minimum absolute atomic E-state index is 0.0110. The van der Waals surface area contributed by atoms with Crippen LogP contribution in [-0.2, 0) is 6.54 Å². The van der Waals surface area contributed by atoms with Crippen molar-refractivity contribution >= 4 is 17.1 Å². The van der Waals surface area contributed by atoms with Crippen molar-refractivity contribution in [2.75, 3.05) is 24.3 Å². The van der Waals surface area contributed by atoms with Gasteiger partial charge in [0.1, 0.15) is 11.5 Å². The van der Waals surface area contributed by atoms with Gasteiger partial charge in [0, 0.05) is 32.3 Å². The summed E-state index contributed by atoms with van der Waals surface area (Å²) in [5.41, 5.74) is 1.64. The van der Waals surface area contributed by atoms with Crippen LogP contribution in [0.3, 0.4) is 0 Å². The topological polar surface area (TPSA) is 58.4 Å². The highest BCUT2D eigenvalue weighted by Crippen LogP contribution is 2.30. The zero-order valence-electron chi connectivity index (χ0n) is 11.8. The summed E-state index contributed by atoms with van der Waals surface area (Å²) in [5, 5.41) is 13.9. The summed E-state index contributed by atoms with van der Waals surface area (Å²) in [6.07, 6.45) is 0. The number of nitro benzene ring substituents is 1. The van der Waals surface area contributed by atoms with Crippen molar-refractivity contribution in [2.24, 2.45) is 0 Å². The lowest BCUT2D eigenvalue weighted by molar-refractivity contribution is -0.384. The lowest BCUT2D eigenvalue weighted by atomic mass is 10.1. The van der Waals surface area contributed by atoms with Gasteiger partial charge >= 0.3 is 0 Å². The molecule has 0 saturated heterocycles. The maximum Gasteiger partial charge on any atom is 0.292 e. The monoisotopic (exact) mass is 289 g/mol. The summed E-state index contributed by atoms with van der Waals surface area (Å²) in [6, 6.07) is 11.3. The molecule has 0 atom stereocenters. The molecule has 0 saturated carbocycles. The Morgan fingerprint density at radius 3 is 2.57 bits per heavy atom. The number of para-hydroxylation sites is 2. The Morgan fingerprint density at radius 1 is 1.24 bits per heavy atom. The van der Waals surface area contributed by atoms with Crippen molar-refractivity contribution in [3.8, 4) is 0 Å². The van der Waals surface area contributed by atoms with Crippen LogP contribution in [0.5, 0.6) is 0 Å². The number of hydrogen-bond acceptors (Lipinski definition) is 4. The molecular formula is C15H16FN3O2. The molecule has 5 nitrogen and oxygen atoms in total. The maximum atomic E-state index is 13.8. The van der Waals surface area contributed by atoms with Crippen molar-refractivity contribution in [1.82, 2.24) is 0 Å². The molecule has 0 fully saturated rings. The summed E-state index contributed by atoms with van der Waals surface area (Å²) < 4.78 is 13.8. The number of anilines is 2. The Labute approximate surface area is 122 Å². The normalized spacial score (nSPS) is 10.2. The number of hydrogen-bond donors (Lipinski definition) is 1. The molecule has 2 aromatic carbocycles. The first kappa shape index (κ1) is 14.8. The summed E-state index contributed by atoms with van der Waals surface area (Å²) in [5.74, 6) is -0.323. The molecule has 0 unspecified atom stereocenters. The number of halogens is 1. The summed E-state index contributed by atoms with van der Waals surface area (Å²) in [7, 11) is 3.38. The van der Waals surface area contributed by atoms with Gasteiger partial charge in [-0.25, -0.2) is 4.39 Å². The quantitative estimate of drug-likeness (QED) is 0.677. The maximum absolute atomic E-state index is 13.8. The minimum atomic E-state index is -0.432. The van der Waals surface area contributed by atoms with Crippen LogP contribution in [0.25, 0.3) is 0 Å². The first-order valence-corrected chi connectivity index (χ1v) is 6.44. The van der Waals surface area contributed by atoms with Crippen molar-refractivity contribution in [2.45, 2.75) is 6.54 Å². The third kappa shape index (κ3) is 3.10. The highest BCUT2D eigenvalue weighted by Gasteiger charge is 2.17. The van der Waals surface area contributed by atoms with Crippen LogP contribution in [0, 0.1) is 15.9 Å². The van der Waals surface area contributed by atoms with E-state index >= 15 is 0 Å². The SMILES string of the molecule is CNc1c(CN(C)c2ccccc2F)cccc1[N+](=O)[O-]. The zero-order chi connectivity index (χ0) is 15.4. The second-order valence-electron chi connectivity index (χ2n) is 4.63. The van der Waals surface area contributed by atoms with Gasteiger partial charge in [-0.3, -0.25) is 10.1 Å². The van der Waals surface area contributed by atoms with Gasteiger partial charge in [-0.2, -0.15) is 0 Å². The van der Waals surface area contributed by atoms with Gasteiger partial charge < -0.3 is 10.2 Å². The van der Waals surface area contributed by atoms with E-state index in [0.717, 1.165) is 5.56 Å². The molecule has 0 heterocycles. The van der Waals surface area contributed by atoms with Gasteiger partial charge in [0.2, 0.25) is 0 Å². The smallest absolute Gasteiger partial charge is 0.292 e. The molecule has 2 aromatic rings. The first-order valence-electron chi connectivity index (χ1n) is 6.44. The highest BCUT2D eigenvalue weighted by molar-refractivity contribution is 5.67. The van der Waals surface area contributed by atoms with E-state index in [4.69, 9.17) is 0 Å².